The van der Waals surface area contributed by atoms with Gasteiger partial charge >= 0.3 is 6.03 Å². The number of unbranched alkanes of at least 4 members (excludes halogenated alkanes) is 1. The number of nitrogens with one attached hydrogen (secondary N) is 1. The number of ether oxygens (including phenoxy) is 1. The van der Waals surface area contributed by atoms with Crippen molar-refractivity contribution in [2.45, 2.75) is 32.7 Å². The molecule has 0 aliphatic rings. The first kappa shape index (κ1) is 19.3. The third-order valence-corrected chi connectivity index (χ3v) is 3.88. The van der Waals surface area contributed by atoms with Gasteiger partial charge in [0.1, 0.15) is 12.4 Å². The van der Waals surface area contributed by atoms with E-state index in [0.29, 0.717) is 25.7 Å². The zero-order chi connectivity index (χ0) is 17.1. The molecule has 2 amide bonds. The Bertz CT molecular complexity index is 437. The molecular weight excluding hydrogens is 290 g/mol. The molecule has 0 saturated heterocycles. The molecule has 1 N–H and O–H groups in total. The van der Waals surface area contributed by atoms with Crippen LogP contribution in [0.5, 0.6) is 5.75 Å². The number of urea groups is 1. The van der Waals surface area contributed by atoms with Crippen molar-refractivity contribution in [3.63, 3.8) is 0 Å². The predicted octanol–water partition coefficient (Wildman–Crippen LogP) is 2.83. The first-order valence-electron chi connectivity index (χ1n) is 8.37. The molecular formula is C18H31N3O2. The van der Waals surface area contributed by atoms with E-state index in [1.54, 1.807) is 11.9 Å². The number of para-hydroxylation sites is 1. The third-order valence-electron chi connectivity index (χ3n) is 3.88. The maximum absolute atomic E-state index is 11.9. The summed E-state index contributed by atoms with van der Waals surface area (Å²) in [6.07, 6.45) is 2.09. The van der Waals surface area contributed by atoms with Gasteiger partial charge in [0, 0.05) is 19.6 Å². The highest BCUT2D eigenvalue weighted by Gasteiger charge is 2.08. The van der Waals surface area contributed by atoms with Gasteiger partial charge in [-0.25, -0.2) is 4.79 Å². The van der Waals surface area contributed by atoms with E-state index in [9.17, 15) is 4.79 Å². The van der Waals surface area contributed by atoms with Gasteiger partial charge in [0.2, 0.25) is 0 Å². The minimum absolute atomic E-state index is 0.0427. The molecule has 5 nitrogen and oxygen atoms in total. The minimum Gasteiger partial charge on any atom is -0.492 e. The van der Waals surface area contributed by atoms with Crippen molar-refractivity contribution in [2.24, 2.45) is 0 Å². The topological polar surface area (TPSA) is 44.8 Å². The zero-order valence-corrected chi connectivity index (χ0v) is 14.9. The zero-order valence-electron chi connectivity index (χ0n) is 14.9. The van der Waals surface area contributed by atoms with Crippen molar-refractivity contribution in [1.29, 1.82) is 0 Å². The standard InChI is InChI=1S/C18H31N3O2/c1-16(2)20(3)13-9-8-12-19-18(22)21(4)14-15-23-17-10-6-5-7-11-17/h5-7,10-11,16H,8-9,12-15H2,1-4H3,(H,19,22). The Balaban J connectivity index is 2.07. The van der Waals surface area contributed by atoms with Crippen molar-refractivity contribution in [2.75, 3.05) is 40.3 Å². The molecule has 0 radical (unpaired) electrons. The van der Waals surface area contributed by atoms with Crippen LogP contribution in [0.4, 0.5) is 4.79 Å². The van der Waals surface area contributed by atoms with Gasteiger partial charge in [-0.3, -0.25) is 0 Å². The van der Waals surface area contributed by atoms with Gasteiger partial charge in [0.05, 0.1) is 6.54 Å². The number of hydrogen-bond acceptors (Lipinski definition) is 3. The Hall–Kier alpha value is -1.75. The van der Waals surface area contributed by atoms with E-state index in [4.69, 9.17) is 4.74 Å². The Morgan fingerprint density at radius 1 is 1.13 bits per heavy atom. The fraction of sp³-hybridized carbons (Fsp3) is 0.611. The van der Waals surface area contributed by atoms with Gasteiger partial charge in [-0.05, 0) is 52.4 Å². The van der Waals surface area contributed by atoms with Crippen LogP contribution in [0.2, 0.25) is 0 Å². The Labute approximate surface area is 140 Å². The maximum Gasteiger partial charge on any atom is 0.317 e. The van der Waals surface area contributed by atoms with Crippen LogP contribution in [0.3, 0.4) is 0 Å². The number of hydrogen-bond donors (Lipinski definition) is 1. The van der Waals surface area contributed by atoms with Gasteiger partial charge in [0.25, 0.3) is 0 Å². The number of benzene rings is 1. The lowest BCUT2D eigenvalue weighted by Crippen LogP contribution is -2.40. The molecule has 0 atom stereocenters. The van der Waals surface area contributed by atoms with Crippen molar-refractivity contribution in [1.82, 2.24) is 15.1 Å². The van der Waals surface area contributed by atoms with Gasteiger partial charge < -0.3 is 19.9 Å². The smallest absolute Gasteiger partial charge is 0.317 e. The Morgan fingerprint density at radius 3 is 2.48 bits per heavy atom. The van der Waals surface area contributed by atoms with Gasteiger partial charge in [0.15, 0.2) is 0 Å². The molecule has 1 rings (SSSR count). The highest BCUT2D eigenvalue weighted by Crippen LogP contribution is 2.07. The molecule has 1 aromatic carbocycles. The second-order valence-electron chi connectivity index (χ2n) is 6.10. The number of likely N-dealkylation sites (N-methyl/N-ethyl adjacent to an activating group) is 1. The van der Waals surface area contributed by atoms with Crippen LogP contribution < -0.4 is 10.1 Å². The first-order chi connectivity index (χ1) is 11.0. The summed E-state index contributed by atoms with van der Waals surface area (Å²) in [7, 11) is 3.92. The van der Waals surface area contributed by atoms with Crippen LogP contribution in [-0.2, 0) is 0 Å². The highest BCUT2D eigenvalue weighted by atomic mass is 16.5. The van der Waals surface area contributed by atoms with Crippen LogP contribution in [0.15, 0.2) is 30.3 Å². The molecule has 1 aromatic rings. The van der Waals surface area contributed by atoms with E-state index in [-0.39, 0.29) is 6.03 Å². The molecule has 130 valence electrons. The summed E-state index contributed by atoms with van der Waals surface area (Å²) in [6.45, 7) is 7.22. The summed E-state index contributed by atoms with van der Waals surface area (Å²) in [5.41, 5.74) is 0. The second kappa shape index (κ2) is 10.9. The Morgan fingerprint density at radius 2 is 1.83 bits per heavy atom. The van der Waals surface area contributed by atoms with Crippen LogP contribution in [-0.4, -0.2) is 62.2 Å². The van der Waals surface area contributed by atoms with Gasteiger partial charge in [-0.15, -0.1) is 0 Å². The lowest BCUT2D eigenvalue weighted by atomic mass is 10.2. The molecule has 5 heteroatoms. The molecule has 0 heterocycles. The average molecular weight is 321 g/mol. The molecule has 0 aliphatic heterocycles. The molecule has 0 bridgehead atoms. The van der Waals surface area contributed by atoms with Crippen LogP contribution >= 0.6 is 0 Å². The van der Waals surface area contributed by atoms with Crippen LogP contribution in [0.25, 0.3) is 0 Å². The average Bonchev–Trinajstić information content (AvgIpc) is 2.54. The van der Waals surface area contributed by atoms with Crippen molar-refractivity contribution >= 4 is 6.03 Å². The first-order valence-corrected chi connectivity index (χ1v) is 8.37. The molecule has 0 spiro atoms. The number of rotatable bonds is 10. The van der Waals surface area contributed by atoms with E-state index in [1.165, 1.54) is 0 Å². The quantitative estimate of drug-likeness (QED) is 0.674. The molecule has 0 saturated carbocycles. The largest absolute Gasteiger partial charge is 0.492 e. The molecule has 0 aliphatic carbocycles. The molecule has 0 aromatic heterocycles. The number of carbonyl (C=O) groups excluding carboxylic acids is 1. The molecule has 0 fully saturated rings. The highest BCUT2D eigenvalue weighted by molar-refractivity contribution is 5.73. The lowest BCUT2D eigenvalue weighted by molar-refractivity contribution is 0.195. The summed E-state index contributed by atoms with van der Waals surface area (Å²) >= 11 is 0. The minimum atomic E-state index is -0.0427. The van der Waals surface area contributed by atoms with E-state index >= 15 is 0 Å². The van der Waals surface area contributed by atoms with Gasteiger partial charge in [-0.2, -0.15) is 0 Å². The fourth-order valence-corrected chi connectivity index (χ4v) is 1.99. The summed E-state index contributed by atoms with van der Waals surface area (Å²) in [4.78, 5) is 15.9. The summed E-state index contributed by atoms with van der Waals surface area (Å²) in [6, 6.07) is 10.2. The maximum atomic E-state index is 11.9. The third kappa shape index (κ3) is 8.45. The van der Waals surface area contributed by atoms with Crippen LogP contribution in [0, 0.1) is 0 Å². The molecule has 23 heavy (non-hydrogen) atoms. The van der Waals surface area contributed by atoms with E-state index in [1.807, 2.05) is 30.3 Å². The van der Waals surface area contributed by atoms with Gasteiger partial charge in [-0.1, -0.05) is 18.2 Å². The molecule has 0 unspecified atom stereocenters. The Kier molecular flexibility index (Phi) is 9.14. The van der Waals surface area contributed by atoms with E-state index in [0.717, 1.165) is 25.1 Å². The van der Waals surface area contributed by atoms with Crippen molar-refractivity contribution in [3.8, 4) is 5.75 Å². The predicted molar refractivity (Wildman–Crippen MR) is 95.0 cm³/mol. The second-order valence-corrected chi connectivity index (χ2v) is 6.10. The number of carbonyl (C=O) groups is 1. The normalized spacial score (nSPS) is 10.9. The summed E-state index contributed by atoms with van der Waals surface area (Å²) in [5, 5.41) is 2.95. The monoisotopic (exact) mass is 321 g/mol. The lowest BCUT2D eigenvalue weighted by Gasteiger charge is -2.21. The number of amides is 2. The summed E-state index contributed by atoms with van der Waals surface area (Å²) < 4.78 is 5.59. The fourth-order valence-electron chi connectivity index (χ4n) is 1.99. The summed E-state index contributed by atoms with van der Waals surface area (Å²) in [5.74, 6) is 0.829. The van der Waals surface area contributed by atoms with Crippen molar-refractivity contribution in [3.05, 3.63) is 30.3 Å². The van der Waals surface area contributed by atoms with Crippen molar-refractivity contribution < 1.29 is 9.53 Å². The van der Waals surface area contributed by atoms with E-state index < -0.39 is 0 Å². The SMILES string of the molecule is CC(C)N(C)CCCCNC(=O)N(C)CCOc1ccccc1. The number of nitrogens with zero attached hydrogens (tertiary/aromatic N) is 2. The van der Waals surface area contributed by atoms with E-state index in [2.05, 4.69) is 31.1 Å². The van der Waals surface area contributed by atoms with Crippen LogP contribution in [0.1, 0.15) is 26.7 Å².